The molecule has 0 unspecified atom stereocenters. The van der Waals surface area contributed by atoms with E-state index in [4.69, 9.17) is 0 Å². The van der Waals surface area contributed by atoms with Crippen LogP contribution < -0.4 is 5.43 Å². The lowest BCUT2D eigenvalue weighted by Crippen LogP contribution is -2.19. The van der Waals surface area contributed by atoms with Crippen LogP contribution in [0.2, 0.25) is 0 Å². The minimum absolute atomic E-state index is 0.134. The zero-order valence-corrected chi connectivity index (χ0v) is 12.5. The molecule has 4 nitrogen and oxygen atoms in total. The van der Waals surface area contributed by atoms with Crippen LogP contribution in [-0.4, -0.2) is 17.2 Å². The van der Waals surface area contributed by atoms with Gasteiger partial charge in [0.15, 0.2) is 0 Å². The number of aromatic hydroxyl groups is 1. The first-order chi connectivity index (χ1) is 10.7. The maximum absolute atomic E-state index is 11.8. The third-order valence-electron chi connectivity index (χ3n) is 3.25. The summed E-state index contributed by atoms with van der Waals surface area (Å²) in [6.07, 6.45) is 1.78. The van der Waals surface area contributed by atoms with Gasteiger partial charge in [-0.25, -0.2) is 5.43 Å². The SMILES string of the molecule is O=C(Cc1cccs1)NN=Cc1c(O)ccc2ccccc12. The van der Waals surface area contributed by atoms with Crippen molar-refractivity contribution in [2.45, 2.75) is 6.42 Å². The summed E-state index contributed by atoms with van der Waals surface area (Å²) in [6, 6.07) is 15.0. The van der Waals surface area contributed by atoms with E-state index in [1.54, 1.807) is 6.07 Å². The number of benzene rings is 2. The zero-order valence-electron chi connectivity index (χ0n) is 11.7. The number of hydrazone groups is 1. The molecule has 0 aliphatic heterocycles. The highest BCUT2D eigenvalue weighted by Gasteiger charge is 2.05. The van der Waals surface area contributed by atoms with Crippen molar-refractivity contribution in [3.05, 3.63) is 64.4 Å². The Kier molecular flexibility index (Phi) is 4.16. The van der Waals surface area contributed by atoms with E-state index in [-0.39, 0.29) is 11.7 Å². The van der Waals surface area contributed by atoms with Gasteiger partial charge in [0.2, 0.25) is 5.91 Å². The van der Waals surface area contributed by atoms with Crippen molar-refractivity contribution >= 4 is 34.2 Å². The maximum atomic E-state index is 11.8. The van der Waals surface area contributed by atoms with Gasteiger partial charge in [-0.05, 0) is 28.3 Å². The summed E-state index contributed by atoms with van der Waals surface area (Å²) in [6.45, 7) is 0. The van der Waals surface area contributed by atoms with E-state index in [2.05, 4.69) is 10.5 Å². The molecular formula is C17H14N2O2S. The van der Waals surface area contributed by atoms with E-state index >= 15 is 0 Å². The van der Waals surface area contributed by atoms with E-state index in [1.807, 2.05) is 47.8 Å². The summed E-state index contributed by atoms with van der Waals surface area (Å²) >= 11 is 1.53. The number of rotatable bonds is 4. The molecule has 0 radical (unpaired) electrons. The zero-order chi connectivity index (χ0) is 15.4. The third kappa shape index (κ3) is 3.15. The quantitative estimate of drug-likeness (QED) is 0.574. The van der Waals surface area contributed by atoms with Crippen LogP contribution in [-0.2, 0) is 11.2 Å². The average molecular weight is 310 g/mol. The van der Waals surface area contributed by atoms with Gasteiger partial charge in [0.1, 0.15) is 5.75 Å². The molecule has 1 amide bonds. The molecule has 1 heterocycles. The standard InChI is InChI=1S/C17H14N2O2S/c20-16-8-7-12-4-1-2-6-14(12)15(16)11-18-19-17(21)10-13-5-3-9-22-13/h1-9,11,20H,10H2,(H,19,21). The molecule has 0 spiro atoms. The molecule has 2 N–H and O–H groups in total. The van der Waals surface area contributed by atoms with Gasteiger partial charge in [0, 0.05) is 10.4 Å². The van der Waals surface area contributed by atoms with Gasteiger partial charge in [0.25, 0.3) is 0 Å². The molecule has 0 aliphatic rings. The number of fused-ring (bicyclic) bond motifs is 1. The summed E-state index contributed by atoms with van der Waals surface area (Å²) in [5.41, 5.74) is 3.08. The Bertz CT molecular complexity index is 826. The number of thiophene rings is 1. The van der Waals surface area contributed by atoms with Crippen molar-refractivity contribution in [3.63, 3.8) is 0 Å². The fourth-order valence-electron chi connectivity index (χ4n) is 2.20. The van der Waals surface area contributed by atoms with Crippen molar-refractivity contribution in [2.75, 3.05) is 0 Å². The highest BCUT2D eigenvalue weighted by Crippen LogP contribution is 2.25. The number of hydrogen-bond acceptors (Lipinski definition) is 4. The van der Waals surface area contributed by atoms with Gasteiger partial charge in [0.05, 0.1) is 12.6 Å². The normalized spacial score (nSPS) is 11.1. The van der Waals surface area contributed by atoms with E-state index in [0.717, 1.165) is 15.6 Å². The fourth-order valence-corrected chi connectivity index (χ4v) is 2.90. The maximum Gasteiger partial charge on any atom is 0.245 e. The summed E-state index contributed by atoms with van der Waals surface area (Å²) in [7, 11) is 0. The number of nitrogens with zero attached hydrogens (tertiary/aromatic N) is 1. The number of carbonyl (C=O) groups is 1. The fraction of sp³-hybridized carbons (Fsp3) is 0.0588. The molecule has 0 fully saturated rings. The first-order valence-electron chi connectivity index (χ1n) is 6.79. The smallest absolute Gasteiger partial charge is 0.245 e. The molecule has 3 aromatic rings. The number of phenols is 1. The van der Waals surface area contributed by atoms with E-state index < -0.39 is 0 Å². The van der Waals surface area contributed by atoms with Gasteiger partial charge in [-0.1, -0.05) is 36.4 Å². The van der Waals surface area contributed by atoms with Crippen LogP contribution in [0.4, 0.5) is 0 Å². The summed E-state index contributed by atoms with van der Waals surface area (Å²) in [5, 5.41) is 17.8. The van der Waals surface area contributed by atoms with E-state index in [0.29, 0.717) is 12.0 Å². The van der Waals surface area contributed by atoms with Gasteiger partial charge >= 0.3 is 0 Å². The molecule has 110 valence electrons. The first-order valence-corrected chi connectivity index (χ1v) is 7.67. The minimum atomic E-state index is -0.182. The molecule has 3 rings (SSSR count). The lowest BCUT2D eigenvalue weighted by molar-refractivity contribution is -0.120. The Morgan fingerprint density at radius 1 is 1.18 bits per heavy atom. The van der Waals surface area contributed by atoms with Crippen LogP contribution in [0.15, 0.2) is 59.0 Å². The predicted octanol–water partition coefficient (Wildman–Crippen LogP) is 3.30. The van der Waals surface area contributed by atoms with Crippen molar-refractivity contribution in [3.8, 4) is 5.75 Å². The third-order valence-corrected chi connectivity index (χ3v) is 4.12. The minimum Gasteiger partial charge on any atom is -0.507 e. The first kappa shape index (κ1) is 14.3. The topological polar surface area (TPSA) is 61.7 Å². The highest BCUT2D eigenvalue weighted by atomic mass is 32.1. The molecule has 0 saturated carbocycles. The Labute approximate surface area is 131 Å². The second-order valence-electron chi connectivity index (χ2n) is 4.77. The van der Waals surface area contributed by atoms with Crippen molar-refractivity contribution in [1.82, 2.24) is 5.43 Å². The molecule has 0 bridgehead atoms. The van der Waals surface area contributed by atoms with Gasteiger partial charge in [-0.15, -0.1) is 11.3 Å². The van der Waals surface area contributed by atoms with E-state index in [9.17, 15) is 9.90 Å². The summed E-state index contributed by atoms with van der Waals surface area (Å²) in [4.78, 5) is 12.8. The monoisotopic (exact) mass is 310 g/mol. The van der Waals surface area contributed by atoms with Crippen molar-refractivity contribution < 1.29 is 9.90 Å². The Morgan fingerprint density at radius 2 is 2.05 bits per heavy atom. The second kappa shape index (κ2) is 6.41. The highest BCUT2D eigenvalue weighted by molar-refractivity contribution is 7.10. The Balaban J connectivity index is 1.75. The lowest BCUT2D eigenvalue weighted by atomic mass is 10.0. The average Bonchev–Trinajstić information content (AvgIpc) is 3.02. The molecule has 1 aromatic heterocycles. The van der Waals surface area contributed by atoms with Gasteiger partial charge < -0.3 is 5.11 Å². The van der Waals surface area contributed by atoms with Crippen LogP contribution >= 0.6 is 11.3 Å². The van der Waals surface area contributed by atoms with Crippen LogP contribution in [0.1, 0.15) is 10.4 Å². The molecular weight excluding hydrogens is 296 g/mol. The number of nitrogens with one attached hydrogen (secondary N) is 1. The number of phenolic OH excluding ortho intramolecular Hbond substituents is 1. The molecule has 0 atom stereocenters. The molecule has 2 aromatic carbocycles. The number of carbonyl (C=O) groups excluding carboxylic acids is 1. The van der Waals surface area contributed by atoms with Gasteiger partial charge in [-0.3, -0.25) is 4.79 Å². The Hall–Kier alpha value is -2.66. The molecule has 0 saturated heterocycles. The van der Waals surface area contributed by atoms with Crippen LogP contribution in [0.5, 0.6) is 5.75 Å². The van der Waals surface area contributed by atoms with Crippen LogP contribution in [0, 0.1) is 0 Å². The predicted molar refractivity (Wildman–Crippen MR) is 89.4 cm³/mol. The van der Waals surface area contributed by atoms with Crippen molar-refractivity contribution in [2.24, 2.45) is 5.10 Å². The summed E-state index contributed by atoms with van der Waals surface area (Å²) < 4.78 is 0. The van der Waals surface area contributed by atoms with E-state index in [1.165, 1.54) is 17.6 Å². The lowest BCUT2D eigenvalue weighted by Gasteiger charge is -2.04. The van der Waals surface area contributed by atoms with Crippen molar-refractivity contribution in [1.29, 1.82) is 0 Å². The van der Waals surface area contributed by atoms with Gasteiger partial charge in [-0.2, -0.15) is 5.10 Å². The number of amides is 1. The molecule has 5 heteroatoms. The molecule has 22 heavy (non-hydrogen) atoms. The van der Waals surface area contributed by atoms with Crippen LogP contribution in [0.25, 0.3) is 10.8 Å². The number of hydrogen-bond donors (Lipinski definition) is 2. The largest absolute Gasteiger partial charge is 0.507 e. The van der Waals surface area contributed by atoms with Crippen LogP contribution in [0.3, 0.4) is 0 Å². The summed E-state index contributed by atoms with van der Waals surface area (Å²) in [5.74, 6) is -0.0478. The Morgan fingerprint density at radius 3 is 2.86 bits per heavy atom. The molecule has 0 aliphatic carbocycles. The second-order valence-corrected chi connectivity index (χ2v) is 5.80.